The standard InChI is InChI=1S/C19H21NO4/c1-14-7-2-5-10-17(14)24-12-6-11-20-18(21)13-15-8-3-4-9-16(15)19(22)23/h2-5,7-10H,6,11-13H2,1H3,(H,20,21)(H,22,23). The third-order valence-electron chi connectivity index (χ3n) is 3.59. The summed E-state index contributed by atoms with van der Waals surface area (Å²) >= 11 is 0. The Hall–Kier alpha value is -2.82. The van der Waals surface area contributed by atoms with Crippen molar-refractivity contribution in [3.05, 3.63) is 65.2 Å². The van der Waals surface area contributed by atoms with Crippen molar-refractivity contribution in [1.29, 1.82) is 0 Å². The molecule has 2 rings (SSSR count). The molecule has 0 aromatic heterocycles. The van der Waals surface area contributed by atoms with Gasteiger partial charge in [-0.25, -0.2) is 4.79 Å². The number of benzene rings is 2. The molecule has 1 amide bonds. The van der Waals surface area contributed by atoms with Gasteiger partial charge in [0.15, 0.2) is 0 Å². The molecule has 5 heteroatoms. The number of aromatic carboxylic acids is 1. The van der Waals surface area contributed by atoms with Crippen molar-refractivity contribution < 1.29 is 19.4 Å². The summed E-state index contributed by atoms with van der Waals surface area (Å²) in [7, 11) is 0. The van der Waals surface area contributed by atoms with Gasteiger partial charge in [-0.05, 0) is 36.6 Å². The summed E-state index contributed by atoms with van der Waals surface area (Å²) in [6.07, 6.45) is 0.738. The molecule has 24 heavy (non-hydrogen) atoms. The minimum atomic E-state index is -1.02. The van der Waals surface area contributed by atoms with Crippen LogP contribution in [0.2, 0.25) is 0 Å². The number of rotatable bonds is 8. The van der Waals surface area contributed by atoms with Crippen molar-refractivity contribution in [3.63, 3.8) is 0 Å². The van der Waals surface area contributed by atoms with E-state index in [0.717, 1.165) is 11.3 Å². The zero-order chi connectivity index (χ0) is 17.4. The van der Waals surface area contributed by atoms with E-state index >= 15 is 0 Å². The molecule has 0 aliphatic heterocycles. The van der Waals surface area contributed by atoms with Crippen molar-refractivity contribution in [2.45, 2.75) is 19.8 Å². The van der Waals surface area contributed by atoms with Crippen LogP contribution < -0.4 is 10.1 Å². The summed E-state index contributed by atoms with van der Waals surface area (Å²) in [4.78, 5) is 23.0. The average molecular weight is 327 g/mol. The Morgan fingerprint density at radius 1 is 1.08 bits per heavy atom. The van der Waals surface area contributed by atoms with Crippen molar-refractivity contribution in [1.82, 2.24) is 5.32 Å². The largest absolute Gasteiger partial charge is 0.493 e. The molecule has 2 N–H and O–H groups in total. The van der Waals surface area contributed by atoms with Gasteiger partial charge < -0.3 is 15.2 Å². The van der Waals surface area contributed by atoms with Crippen LogP contribution in [0.1, 0.15) is 27.9 Å². The van der Waals surface area contributed by atoms with E-state index in [1.165, 1.54) is 6.07 Å². The van der Waals surface area contributed by atoms with Crippen molar-refractivity contribution in [2.75, 3.05) is 13.2 Å². The molecule has 0 spiro atoms. The zero-order valence-electron chi connectivity index (χ0n) is 13.6. The van der Waals surface area contributed by atoms with Gasteiger partial charge in [0.2, 0.25) is 5.91 Å². The van der Waals surface area contributed by atoms with E-state index < -0.39 is 5.97 Å². The third kappa shape index (κ3) is 5.12. The van der Waals surface area contributed by atoms with E-state index in [9.17, 15) is 9.59 Å². The highest BCUT2D eigenvalue weighted by Gasteiger charge is 2.12. The number of carboxylic acid groups (broad SMARTS) is 1. The summed E-state index contributed by atoms with van der Waals surface area (Å²) in [5.74, 6) is -0.371. The summed E-state index contributed by atoms with van der Waals surface area (Å²) in [6, 6.07) is 14.3. The summed E-state index contributed by atoms with van der Waals surface area (Å²) in [6.45, 7) is 2.98. The van der Waals surface area contributed by atoms with E-state index in [1.54, 1.807) is 18.2 Å². The second-order valence-electron chi connectivity index (χ2n) is 5.46. The lowest BCUT2D eigenvalue weighted by atomic mass is 10.0. The van der Waals surface area contributed by atoms with Crippen LogP contribution in [-0.2, 0) is 11.2 Å². The monoisotopic (exact) mass is 327 g/mol. The van der Waals surface area contributed by atoms with Gasteiger partial charge in [0.05, 0.1) is 18.6 Å². The molecule has 0 bridgehead atoms. The van der Waals surface area contributed by atoms with Crippen LogP contribution in [0.15, 0.2) is 48.5 Å². The fourth-order valence-electron chi connectivity index (χ4n) is 2.32. The Kier molecular flexibility index (Phi) is 6.37. The molecule has 0 unspecified atom stereocenters. The van der Waals surface area contributed by atoms with Crippen molar-refractivity contribution in [2.24, 2.45) is 0 Å². The number of ether oxygens (including phenoxy) is 1. The molecule has 0 atom stereocenters. The number of carbonyl (C=O) groups excluding carboxylic acids is 1. The molecule has 2 aromatic rings. The maximum absolute atomic E-state index is 11.9. The van der Waals surface area contributed by atoms with Gasteiger partial charge in [-0.3, -0.25) is 4.79 Å². The van der Waals surface area contributed by atoms with Gasteiger partial charge in [0.1, 0.15) is 5.75 Å². The number of nitrogens with one attached hydrogen (secondary N) is 1. The van der Waals surface area contributed by atoms with Gasteiger partial charge in [0, 0.05) is 6.54 Å². The molecular weight excluding hydrogens is 306 g/mol. The van der Waals surface area contributed by atoms with Crippen molar-refractivity contribution in [3.8, 4) is 5.75 Å². The maximum Gasteiger partial charge on any atom is 0.335 e. The molecule has 5 nitrogen and oxygen atoms in total. The van der Waals surface area contributed by atoms with Crippen LogP contribution in [0, 0.1) is 6.92 Å². The second-order valence-corrected chi connectivity index (χ2v) is 5.46. The minimum absolute atomic E-state index is 0.0567. The number of hydrogen-bond donors (Lipinski definition) is 2. The van der Waals surface area contributed by atoms with Crippen molar-refractivity contribution >= 4 is 11.9 Å². The second kappa shape index (κ2) is 8.72. The first-order chi connectivity index (χ1) is 11.6. The van der Waals surface area contributed by atoms with E-state index in [4.69, 9.17) is 9.84 Å². The van der Waals surface area contributed by atoms with Gasteiger partial charge in [-0.15, -0.1) is 0 Å². The third-order valence-corrected chi connectivity index (χ3v) is 3.59. The summed E-state index contributed by atoms with van der Waals surface area (Å²) in [5, 5.41) is 11.9. The predicted molar refractivity (Wildman–Crippen MR) is 91.4 cm³/mol. The molecule has 0 aliphatic carbocycles. The lowest BCUT2D eigenvalue weighted by Gasteiger charge is -2.10. The average Bonchev–Trinajstić information content (AvgIpc) is 2.56. The lowest BCUT2D eigenvalue weighted by molar-refractivity contribution is -0.120. The van der Waals surface area contributed by atoms with Crippen LogP contribution in [-0.4, -0.2) is 30.1 Å². The minimum Gasteiger partial charge on any atom is -0.493 e. The molecular formula is C19H21NO4. The first kappa shape index (κ1) is 17.5. The molecule has 126 valence electrons. The van der Waals surface area contributed by atoms with Crippen LogP contribution in [0.5, 0.6) is 5.75 Å². The van der Waals surface area contributed by atoms with Gasteiger partial charge in [-0.2, -0.15) is 0 Å². The fraction of sp³-hybridized carbons (Fsp3) is 0.263. The Labute approximate surface area is 141 Å². The van der Waals surface area contributed by atoms with Crippen LogP contribution in [0.25, 0.3) is 0 Å². The predicted octanol–water partition coefficient (Wildman–Crippen LogP) is 2.82. The lowest BCUT2D eigenvalue weighted by Crippen LogP contribution is -2.27. The van der Waals surface area contributed by atoms with Crippen LogP contribution in [0.3, 0.4) is 0 Å². The summed E-state index contributed by atoms with van der Waals surface area (Å²) < 4.78 is 5.66. The smallest absolute Gasteiger partial charge is 0.335 e. The highest BCUT2D eigenvalue weighted by atomic mass is 16.5. The SMILES string of the molecule is Cc1ccccc1OCCCNC(=O)Cc1ccccc1C(=O)O. The van der Waals surface area contributed by atoms with Crippen LogP contribution in [0.4, 0.5) is 0 Å². The number of aryl methyl sites for hydroxylation is 1. The molecule has 0 fully saturated rings. The van der Waals surface area contributed by atoms with Gasteiger partial charge in [-0.1, -0.05) is 36.4 Å². The zero-order valence-corrected chi connectivity index (χ0v) is 13.6. The Bertz CT molecular complexity index is 712. The maximum atomic E-state index is 11.9. The normalized spacial score (nSPS) is 10.2. The Morgan fingerprint density at radius 2 is 1.79 bits per heavy atom. The molecule has 0 radical (unpaired) electrons. The number of carboxylic acids is 1. The molecule has 0 saturated carbocycles. The first-order valence-corrected chi connectivity index (χ1v) is 7.84. The quantitative estimate of drug-likeness (QED) is 0.731. The molecule has 0 saturated heterocycles. The number of para-hydroxylation sites is 1. The fourth-order valence-corrected chi connectivity index (χ4v) is 2.32. The number of carbonyl (C=O) groups is 2. The Morgan fingerprint density at radius 3 is 2.54 bits per heavy atom. The highest BCUT2D eigenvalue weighted by molar-refractivity contribution is 5.91. The Balaban J connectivity index is 1.72. The van der Waals surface area contributed by atoms with Gasteiger partial charge in [0.25, 0.3) is 0 Å². The van der Waals surface area contributed by atoms with Crippen LogP contribution >= 0.6 is 0 Å². The van der Waals surface area contributed by atoms with E-state index in [0.29, 0.717) is 25.1 Å². The highest BCUT2D eigenvalue weighted by Crippen LogP contribution is 2.16. The first-order valence-electron chi connectivity index (χ1n) is 7.84. The number of hydrogen-bond acceptors (Lipinski definition) is 3. The summed E-state index contributed by atoms with van der Waals surface area (Å²) in [5.41, 5.74) is 1.75. The number of amides is 1. The topological polar surface area (TPSA) is 75.6 Å². The molecule has 2 aromatic carbocycles. The van der Waals surface area contributed by atoms with E-state index in [1.807, 2.05) is 31.2 Å². The van der Waals surface area contributed by atoms with E-state index in [-0.39, 0.29) is 17.9 Å². The van der Waals surface area contributed by atoms with E-state index in [2.05, 4.69) is 5.32 Å². The van der Waals surface area contributed by atoms with Gasteiger partial charge >= 0.3 is 5.97 Å². The molecule has 0 heterocycles. The molecule has 0 aliphatic rings.